The number of ether oxygens (including phenoxy) is 3. The summed E-state index contributed by atoms with van der Waals surface area (Å²) >= 11 is 0. The van der Waals surface area contributed by atoms with Crippen LogP contribution < -0.4 is 24.4 Å². The average Bonchev–Trinajstić information content (AvgIpc) is 3.67. The Morgan fingerprint density at radius 2 is 1.39 bits per heavy atom. The molecule has 0 spiro atoms. The molecule has 6 aromatic rings. The monoisotopic (exact) mass is 816 g/mol. The highest BCUT2D eigenvalue weighted by Gasteiger charge is 2.23. The fraction of sp³-hybridized carbons (Fsp3) is 0.244. The number of esters is 1. The van der Waals surface area contributed by atoms with E-state index in [0.717, 1.165) is 34.2 Å². The topological polar surface area (TPSA) is 154 Å². The Morgan fingerprint density at radius 3 is 2.03 bits per heavy atom. The first-order valence-corrected chi connectivity index (χ1v) is 21.1. The number of anilines is 2. The van der Waals surface area contributed by atoms with Crippen molar-refractivity contribution < 1.29 is 32.2 Å². The van der Waals surface area contributed by atoms with Gasteiger partial charge < -0.3 is 24.4 Å². The Balaban J connectivity index is 1.08. The van der Waals surface area contributed by atoms with E-state index in [4.69, 9.17) is 9.47 Å². The average molecular weight is 817 g/mol. The van der Waals surface area contributed by atoms with Crippen molar-refractivity contribution in [3.63, 3.8) is 0 Å². The van der Waals surface area contributed by atoms with Gasteiger partial charge >= 0.3 is 12.1 Å². The molecular weight excluding hydrogens is 769 g/mol. The van der Waals surface area contributed by atoms with Crippen LogP contribution >= 0.6 is 0 Å². The maximum absolute atomic E-state index is 13.5. The molecule has 59 heavy (non-hydrogen) atoms. The predicted molar refractivity (Wildman–Crippen MR) is 227 cm³/mol. The van der Waals surface area contributed by atoms with Crippen LogP contribution in [0.3, 0.4) is 0 Å². The third-order valence-corrected chi connectivity index (χ3v) is 10.1. The Labute approximate surface area is 345 Å². The molecule has 1 atom stereocenters. The lowest BCUT2D eigenvalue weighted by atomic mass is 9.98. The number of hydrogen-bond donors (Lipinski definition) is 2. The highest BCUT2D eigenvalue weighted by atomic mass is 32.2. The molecule has 0 aliphatic carbocycles. The second-order valence-corrected chi connectivity index (χ2v) is 15.9. The molecule has 1 heterocycles. The largest absolute Gasteiger partial charge is 0.457 e. The summed E-state index contributed by atoms with van der Waals surface area (Å²) < 4.78 is 45.1. The van der Waals surface area contributed by atoms with Crippen LogP contribution in [0.2, 0.25) is 0 Å². The van der Waals surface area contributed by atoms with Crippen LogP contribution in [0.1, 0.15) is 40.8 Å². The Hall–Kier alpha value is -6.67. The maximum atomic E-state index is 13.5. The third-order valence-electron chi connectivity index (χ3n) is 9.48. The van der Waals surface area contributed by atoms with Crippen LogP contribution in [-0.2, 0) is 45.6 Å². The first-order chi connectivity index (χ1) is 28.5. The van der Waals surface area contributed by atoms with Gasteiger partial charge in [-0.25, -0.2) is 17.9 Å². The molecule has 14 heteroatoms. The molecule has 306 valence electrons. The van der Waals surface area contributed by atoms with Gasteiger partial charge in [0.25, 0.3) is 0 Å². The molecule has 0 saturated carbocycles. The summed E-state index contributed by atoms with van der Waals surface area (Å²) in [6.45, 7) is 3.99. The summed E-state index contributed by atoms with van der Waals surface area (Å²) in [5.41, 5.74) is 6.18. The first-order valence-electron chi connectivity index (χ1n) is 19.2. The fourth-order valence-electron chi connectivity index (χ4n) is 6.55. The number of sulfonamides is 1. The maximum Gasteiger partial charge on any atom is 0.406 e. The molecule has 1 aromatic heterocycles. The van der Waals surface area contributed by atoms with Gasteiger partial charge in [0.05, 0.1) is 37.2 Å². The van der Waals surface area contributed by atoms with Crippen molar-refractivity contribution in [3.05, 3.63) is 162 Å². The SMILES string of the molecule is COC(=O)NCCCC(Cc1cn(Cc2ccccc2)nn1)C(=O)Oc1ccc(Oc2ccc(CN(Cc3ccccc3)c3cccc(NS(C)(=O)=O)c3C)cc2)cc1. The van der Waals surface area contributed by atoms with Crippen molar-refractivity contribution in [3.8, 4) is 17.2 Å². The summed E-state index contributed by atoms with van der Waals surface area (Å²) in [4.78, 5) is 27.3. The lowest BCUT2D eigenvalue weighted by molar-refractivity contribution is -0.139. The van der Waals surface area contributed by atoms with Crippen molar-refractivity contribution >= 4 is 33.5 Å². The number of carbonyl (C=O) groups excluding carboxylic acids is 2. The number of rotatable bonds is 19. The number of methoxy groups -OCH3 is 1. The van der Waals surface area contributed by atoms with E-state index in [9.17, 15) is 18.0 Å². The Kier molecular flexibility index (Phi) is 14.3. The molecule has 6 rings (SSSR count). The molecule has 0 aliphatic heterocycles. The smallest absolute Gasteiger partial charge is 0.406 e. The minimum Gasteiger partial charge on any atom is -0.457 e. The minimum absolute atomic E-state index is 0.319. The molecule has 1 amide bonds. The van der Waals surface area contributed by atoms with Gasteiger partial charge in [-0.05, 0) is 90.6 Å². The number of nitrogens with zero attached hydrogens (tertiary/aromatic N) is 4. The van der Waals surface area contributed by atoms with Gasteiger partial charge in [0.1, 0.15) is 17.2 Å². The van der Waals surface area contributed by atoms with Crippen LogP contribution in [0.15, 0.2) is 134 Å². The van der Waals surface area contributed by atoms with Crippen LogP contribution in [0.25, 0.3) is 0 Å². The van der Waals surface area contributed by atoms with Gasteiger partial charge in [0.2, 0.25) is 10.0 Å². The fourth-order valence-corrected chi connectivity index (χ4v) is 7.17. The molecule has 1 unspecified atom stereocenters. The van der Waals surface area contributed by atoms with Crippen molar-refractivity contribution in [1.82, 2.24) is 20.3 Å². The van der Waals surface area contributed by atoms with E-state index >= 15 is 0 Å². The predicted octanol–water partition coefficient (Wildman–Crippen LogP) is 7.91. The molecule has 2 N–H and O–H groups in total. The van der Waals surface area contributed by atoms with Crippen LogP contribution in [-0.4, -0.2) is 55.4 Å². The van der Waals surface area contributed by atoms with E-state index in [1.165, 1.54) is 7.11 Å². The van der Waals surface area contributed by atoms with Gasteiger partial charge in [0.15, 0.2) is 0 Å². The van der Waals surface area contributed by atoms with Crippen LogP contribution in [0, 0.1) is 12.8 Å². The second-order valence-electron chi connectivity index (χ2n) is 14.2. The second kappa shape index (κ2) is 20.1. The summed E-state index contributed by atoms with van der Waals surface area (Å²) in [5, 5.41) is 11.2. The molecule has 0 radical (unpaired) electrons. The number of carbonyl (C=O) groups is 2. The number of amides is 1. The number of hydrogen-bond acceptors (Lipinski definition) is 10. The molecule has 0 fully saturated rings. The van der Waals surface area contributed by atoms with Gasteiger partial charge in [-0.3, -0.25) is 9.52 Å². The molecule has 0 aliphatic rings. The normalized spacial score (nSPS) is 11.6. The summed E-state index contributed by atoms with van der Waals surface area (Å²) in [5.74, 6) is 0.609. The Bertz CT molecular complexity index is 2390. The lowest BCUT2D eigenvalue weighted by Gasteiger charge is -2.28. The van der Waals surface area contributed by atoms with Gasteiger partial charge in [0, 0.05) is 37.9 Å². The van der Waals surface area contributed by atoms with Crippen molar-refractivity contribution in [2.45, 2.75) is 45.8 Å². The van der Waals surface area contributed by atoms with E-state index in [0.29, 0.717) is 74.1 Å². The van der Waals surface area contributed by atoms with Gasteiger partial charge in [-0.2, -0.15) is 0 Å². The summed E-state index contributed by atoms with van der Waals surface area (Å²) in [6.07, 6.45) is 3.74. The molecule has 0 bridgehead atoms. The van der Waals surface area contributed by atoms with Gasteiger partial charge in [-0.1, -0.05) is 84.1 Å². The first kappa shape index (κ1) is 41.9. The highest BCUT2D eigenvalue weighted by Crippen LogP contribution is 2.31. The van der Waals surface area contributed by atoms with E-state index in [2.05, 4.69) is 42.1 Å². The molecule has 0 saturated heterocycles. The van der Waals surface area contributed by atoms with Crippen LogP contribution in [0.4, 0.5) is 16.2 Å². The lowest BCUT2D eigenvalue weighted by Crippen LogP contribution is -2.27. The molecular formula is C45H48N6O7S. The van der Waals surface area contributed by atoms with Crippen molar-refractivity contribution in [2.24, 2.45) is 5.92 Å². The minimum atomic E-state index is -3.45. The molecule has 13 nitrogen and oxygen atoms in total. The number of benzene rings is 5. The number of nitrogens with one attached hydrogen (secondary N) is 2. The van der Waals surface area contributed by atoms with Crippen LogP contribution in [0.5, 0.6) is 17.2 Å². The zero-order valence-electron chi connectivity index (χ0n) is 33.3. The summed E-state index contributed by atoms with van der Waals surface area (Å²) in [6, 6.07) is 40.3. The van der Waals surface area contributed by atoms with Crippen molar-refractivity contribution in [2.75, 3.05) is 29.5 Å². The number of aromatic nitrogens is 3. The standard InChI is InChI=1S/C45H48N6O7S/c1-33-42(48-59(3,54)55)17-10-18-43(33)50(29-34-12-6-4-7-13-34)30-36-19-21-39(22-20-36)57-40-23-25-41(26-24-40)58-44(52)37(16-11-27-46-45(53)56-2)28-38-32-51(49-47-38)31-35-14-8-5-9-15-35/h4-10,12-15,17-26,32,37,48H,11,16,27-31H2,1-3H3,(H,46,53). The zero-order valence-corrected chi connectivity index (χ0v) is 34.1. The molecule has 5 aromatic carbocycles. The third kappa shape index (κ3) is 12.9. The highest BCUT2D eigenvalue weighted by molar-refractivity contribution is 7.92. The zero-order chi connectivity index (χ0) is 41.6. The number of alkyl carbamates (subject to hydrolysis) is 1. The van der Waals surface area contributed by atoms with E-state index in [1.54, 1.807) is 35.0 Å². The van der Waals surface area contributed by atoms with Gasteiger partial charge in [-0.15, -0.1) is 5.10 Å². The van der Waals surface area contributed by atoms with Crippen molar-refractivity contribution in [1.29, 1.82) is 0 Å². The Morgan fingerprint density at radius 1 is 0.780 bits per heavy atom. The summed E-state index contributed by atoms with van der Waals surface area (Å²) in [7, 11) is -2.15. The quantitative estimate of drug-likeness (QED) is 0.0469. The van der Waals surface area contributed by atoms with E-state index in [1.807, 2.05) is 98.0 Å². The van der Waals surface area contributed by atoms with E-state index < -0.39 is 28.0 Å². The van der Waals surface area contributed by atoms with E-state index in [-0.39, 0.29) is 0 Å².